The van der Waals surface area contributed by atoms with E-state index in [4.69, 9.17) is 0 Å². The number of carbonyl (C=O) groups is 1. The molecule has 1 amide bonds. The SMILES string of the molecule is C[C@H]1CN(c2ccccc2)C(C)(C)C(=O)N1. The Kier molecular flexibility index (Phi) is 2.62. The van der Waals surface area contributed by atoms with Crippen molar-refractivity contribution >= 4 is 11.6 Å². The first kappa shape index (κ1) is 11.0. The predicted octanol–water partition coefficient (Wildman–Crippen LogP) is 1.79. The number of benzene rings is 1. The Hall–Kier alpha value is -1.51. The smallest absolute Gasteiger partial charge is 0.245 e. The van der Waals surface area contributed by atoms with Crippen molar-refractivity contribution in [3.63, 3.8) is 0 Å². The third kappa shape index (κ3) is 1.77. The lowest BCUT2D eigenvalue weighted by Gasteiger charge is -2.45. The summed E-state index contributed by atoms with van der Waals surface area (Å²) in [5, 5.41) is 2.99. The molecule has 16 heavy (non-hydrogen) atoms. The van der Waals surface area contributed by atoms with Gasteiger partial charge in [0.2, 0.25) is 5.91 Å². The molecule has 1 N–H and O–H groups in total. The van der Waals surface area contributed by atoms with Crippen molar-refractivity contribution in [2.45, 2.75) is 32.4 Å². The summed E-state index contributed by atoms with van der Waals surface area (Å²) in [6.45, 7) is 6.80. The number of para-hydroxylation sites is 1. The summed E-state index contributed by atoms with van der Waals surface area (Å²) in [4.78, 5) is 14.1. The number of carbonyl (C=O) groups excluding carboxylic acids is 1. The molecule has 3 nitrogen and oxygen atoms in total. The highest BCUT2D eigenvalue weighted by atomic mass is 16.2. The molecule has 1 aromatic carbocycles. The van der Waals surface area contributed by atoms with Crippen LogP contribution in [0.5, 0.6) is 0 Å². The van der Waals surface area contributed by atoms with Crippen molar-refractivity contribution in [2.24, 2.45) is 0 Å². The average Bonchev–Trinajstić information content (AvgIpc) is 2.25. The number of nitrogens with zero attached hydrogens (tertiary/aromatic N) is 1. The van der Waals surface area contributed by atoms with Gasteiger partial charge in [-0.2, -0.15) is 0 Å². The Bertz CT molecular complexity index is 386. The van der Waals surface area contributed by atoms with E-state index >= 15 is 0 Å². The second-order valence-electron chi connectivity index (χ2n) is 4.88. The lowest BCUT2D eigenvalue weighted by molar-refractivity contribution is -0.127. The summed E-state index contributed by atoms with van der Waals surface area (Å²) in [5.74, 6) is 0.0927. The topological polar surface area (TPSA) is 32.3 Å². The zero-order valence-corrected chi connectivity index (χ0v) is 10.0. The molecular weight excluding hydrogens is 200 g/mol. The van der Waals surface area contributed by atoms with E-state index in [9.17, 15) is 4.79 Å². The molecule has 1 heterocycles. The molecule has 0 radical (unpaired) electrons. The fraction of sp³-hybridized carbons (Fsp3) is 0.462. The van der Waals surface area contributed by atoms with Crippen LogP contribution in [0.1, 0.15) is 20.8 Å². The molecule has 0 saturated carbocycles. The van der Waals surface area contributed by atoms with E-state index in [0.29, 0.717) is 0 Å². The maximum atomic E-state index is 12.0. The number of amides is 1. The highest BCUT2D eigenvalue weighted by Gasteiger charge is 2.39. The van der Waals surface area contributed by atoms with Crippen molar-refractivity contribution < 1.29 is 4.79 Å². The van der Waals surface area contributed by atoms with Crippen LogP contribution in [0.4, 0.5) is 5.69 Å². The van der Waals surface area contributed by atoms with E-state index in [2.05, 4.69) is 10.2 Å². The standard InChI is InChI=1S/C13H18N2O/c1-10-9-15(11-7-5-4-6-8-11)13(2,3)12(16)14-10/h4-8,10H,9H2,1-3H3,(H,14,16)/t10-/m0/s1. The zero-order valence-electron chi connectivity index (χ0n) is 10.0. The lowest BCUT2D eigenvalue weighted by atomic mass is 9.95. The highest BCUT2D eigenvalue weighted by molar-refractivity contribution is 5.90. The molecule has 1 fully saturated rings. The first-order valence-electron chi connectivity index (χ1n) is 5.65. The van der Waals surface area contributed by atoms with Crippen molar-refractivity contribution in [1.82, 2.24) is 5.32 Å². The molecule has 1 aromatic rings. The van der Waals surface area contributed by atoms with Crippen LogP contribution in [-0.2, 0) is 4.79 Å². The van der Waals surface area contributed by atoms with Gasteiger partial charge in [-0.25, -0.2) is 0 Å². The number of hydrogen-bond acceptors (Lipinski definition) is 2. The molecule has 0 spiro atoms. The third-order valence-corrected chi connectivity index (χ3v) is 3.13. The van der Waals surface area contributed by atoms with Gasteiger partial charge in [0.25, 0.3) is 0 Å². The molecule has 86 valence electrons. The molecule has 1 saturated heterocycles. The molecule has 1 atom stereocenters. The molecule has 0 unspecified atom stereocenters. The molecule has 1 aliphatic rings. The van der Waals surface area contributed by atoms with Crippen LogP contribution >= 0.6 is 0 Å². The maximum absolute atomic E-state index is 12.0. The van der Waals surface area contributed by atoms with Gasteiger partial charge in [-0.1, -0.05) is 18.2 Å². The summed E-state index contributed by atoms with van der Waals surface area (Å²) >= 11 is 0. The second kappa shape index (κ2) is 3.81. The van der Waals surface area contributed by atoms with Crippen LogP contribution in [0.25, 0.3) is 0 Å². The number of rotatable bonds is 1. The van der Waals surface area contributed by atoms with Crippen LogP contribution in [-0.4, -0.2) is 24.0 Å². The number of anilines is 1. The Morgan fingerprint density at radius 1 is 1.31 bits per heavy atom. The van der Waals surface area contributed by atoms with Gasteiger partial charge >= 0.3 is 0 Å². The molecule has 0 aliphatic carbocycles. The van der Waals surface area contributed by atoms with Crippen LogP contribution in [0.2, 0.25) is 0 Å². The lowest BCUT2D eigenvalue weighted by Crippen LogP contribution is -2.65. The van der Waals surface area contributed by atoms with Gasteiger partial charge in [0.15, 0.2) is 0 Å². The summed E-state index contributed by atoms with van der Waals surface area (Å²) in [7, 11) is 0. The van der Waals surface area contributed by atoms with Gasteiger partial charge in [0.1, 0.15) is 5.54 Å². The van der Waals surface area contributed by atoms with E-state index in [0.717, 1.165) is 12.2 Å². The van der Waals surface area contributed by atoms with E-state index in [1.165, 1.54) is 0 Å². The molecule has 2 rings (SSSR count). The van der Waals surface area contributed by atoms with Gasteiger partial charge in [-0.05, 0) is 32.9 Å². The van der Waals surface area contributed by atoms with Crippen LogP contribution in [0.3, 0.4) is 0 Å². The van der Waals surface area contributed by atoms with Crippen LogP contribution in [0, 0.1) is 0 Å². The summed E-state index contributed by atoms with van der Waals surface area (Å²) in [6.07, 6.45) is 0. The minimum atomic E-state index is -0.478. The molecular formula is C13H18N2O. The van der Waals surface area contributed by atoms with Gasteiger partial charge < -0.3 is 10.2 Å². The minimum absolute atomic E-state index is 0.0927. The third-order valence-electron chi connectivity index (χ3n) is 3.13. The van der Waals surface area contributed by atoms with Crippen molar-refractivity contribution in [3.8, 4) is 0 Å². The Morgan fingerprint density at radius 2 is 1.94 bits per heavy atom. The van der Waals surface area contributed by atoms with Crippen molar-refractivity contribution in [2.75, 3.05) is 11.4 Å². The van der Waals surface area contributed by atoms with E-state index in [-0.39, 0.29) is 11.9 Å². The van der Waals surface area contributed by atoms with E-state index in [1.54, 1.807) is 0 Å². The first-order chi connectivity index (χ1) is 7.51. The Labute approximate surface area is 96.5 Å². The van der Waals surface area contributed by atoms with Crippen LogP contribution in [0.15, 0.2) is 30.3 Å². The van der Waals surface area contributed by atoms with E-state index in [1.807, 2.05) is 51.1 Å². The maximum Gasteiger partial charge on any atom is 0.245 e. The second-order valence-corrected chi connectivity index (χ2v) is 4.88. The van der Waals surface area contributed by atoms with E-state index < -0.39 is 5.54 Å². The number of hydrogen-bond donors (Lipinski definition) is 1. The quantitative estimate of drug-likeness (QED) is 0.779. The van der Waals surface area contributed by atoms with Gasteiger partial charge in [-0.15, -0.1) is 0 Å². The number of piperazine rings is 1. The predicted molar refractivity (Wildman–Crippen MR) is 65.5 cm³/mol. The van der Waals surface area contributed by atoms with Gasteiger partial charge in [0.05, 0.1) is 0 Å². The van der Waals surface area contributed by atoms with Crippen molar-refractivity contribution in [1.29, 1.82) is 0 Å². The monoisotopic (exact) mass is 218 g/mol. The summed E-state index contributed by atoms with van der Waals surface area (Å²) in [6, 6.07) is 10.3. The van der Waals surface area contributed by atoms with Gasteiger partial charge in [0, 0.05) is 18.3 Å². The summed E-state index contributed by atoms with van der Waals surface area (Å²) in [5.41, 5.74) is 0.627. The Morgan fingerprint density at radius 3 is 2.56 bits per heavy atom. The summed E-state index contributed by atoms with van der Waals surface area (Å²) < 4.78 is 0. The molecule has 1 aliphatic heterocycles. The minimum Gasteiger partial charge on any atom is -0.355 e. The fourth-order valence-corrected chi connectivity index (χ4v) is 2.11. The Balaban J connectivity index is 2.35. The molecule has 0 bridgehead atoms. The largest absolute Gasteiger partial charge is 0.355 e. The average molecular weight is 218 g/mol. The normalized spacial score (nSPS) is 24.1. The molecule has 0 aromatic heterocycles. The van der Waals surface area contributed by atoms with Crippen LogP contribution < -0.4 is 10.2 Å². The molecule has 3 heteroatoms. The highest BCUT2D eigenvalue weighted by Crippen LogP contribution is 2.26. The first-order valence-corrected chi connectivity index (χ1v) is 5.65. The number of nitrogens with one attached hydrogen (secondary N) is 1. The zero-order chi connectivity index (χ0) is 11.8. The van der Waals surface area contributed by atoms with Gasteiger partial charge in [-0.3, -0.25) is 4.79 Å². The fourth-order valence-electron chi connectivity index (χ4n) is 2.11. The van der Waals surface area contributed by atoms with Crippen molar-refractivity contribution in [3.05, 3.63) is 30.3 Å².